The van der Waals surface area contributed by atoms with E-state index in [0.29, 0.717) is 18.2 Å². The maximum Gasteiger partial charge on any atom is 0.120 e. The number of phenolic OH excluding ortho intramolecular Hbond substituents is 2. The monoisotopic (exact) mass is 195 g/mol. The van der Waals surface area contributed by atoms with Crippen LogP contribution in [0, 0.1) is 6.92 Å². The van der Waals surface area contributed by atoms with Gasteiger partial charge in [-0.3, -0.25) is 0 Å². The summed E-state index contributed by atoms with van der Waals surface area (Å²) in [6, 6.07) is 3.53. The van der Waals surface area contributed by atoms with E-state index >= 15 is 0 Å². The quantitative estimate of drug-likeness (QED) is 0.646. The molecule has 0 aliphatic rings. The predicted molar refractivity (Wildman–Crippen MR) is 56.5 cm³/mol. The van der Waals surface area contributed by atoms with Crippen LogP contribution in [0.4, 0.5) is 0 Å². The molecule has 0 spiro atoms. The van der Waals surface area contributed by atoms with Crippen LogP contribution in [0.2, 0.25) is 0 Å². The van der Waals surface area contributed by atoms with E-state index in [9.17, 15) is 10.2 Å². The molecule has 0 unspecified atom stereocenters. The Labute approximate surface area is 84.4 Å². The van der Waals surface area contributed by atoms with Crippen LogP contribution in [0.15, 0.2) is 12.1 Å². The molecule has 0 saturated heterocycles. The van der Waals surface area contributed by atoms with Crippen molar-refractivity contribution in [2.45, 2.75) is 33.4 Å². The summed E-state index contributed by atoms with van der Waals surface area (Å²) in [5, 5.41) is 22.2. The molecule has 1 rings (SSSR count). The van der Waals surface area contributed by atoms with Crippen molar-refractivity contribution in [1.29, 1.82) is 0 Å². The summed E-state index contributed by atoms with van der Waals surface area (Å²) in [4.78, 5) is 0. The Bertz CT molecular complexity index is 321. The molecule has 0 bridgehead atoms. The Morgan fingerprint density at radius 2 is 1.86 bits per heavy atom. The van der Waals surface area contributed by atoms with Gasteiger partial charge in [0.15, 0.2) is 0 Å². The minimum atomic E-state index is 0.225. The highest BCUT2D eigenvalue weighted by atomic mass is 16.3. The van der Waals surface area contributed by atoms with E-state index in [4.69, 9.17) is 0 Å². The maximum atomic E-state index is 9.58. The molecule has 0 fully saturated rings. The van der Waals surface area contributed by atoms with Crippen molar-refractivity contribution in [3.8, 4) is 11.5 Å². The van der Waals surface area contributed by atoms with Gasteiger partial charge < -0.3 is 15.5 Å². The van der Waals surface area contributed by atoms with Crippen LogP contribution in [-0.4, -0.2) is 16.3 Å². The van der Waals surface area contributed by atoms with Crippen molar-refractivity contribution in [1.82, 2.24) is 5.32 Å². The van der Waals surface area contributed by atoms with Crippen molar-refractivity contribution < 1.29 is 10.2 Å². The number of hydrogen-bond donors (Lipinski definition) is 3. The lowest BCUT2D eigenvalue weighted by Gasteiger charge is -2.10. The summed E-state index contributed by atoms with van der Waals surface area (Å²) in [5.41, 5.74) is 1.41. The summed E-state index contributed by atoms with van der Waals surface area (Å²) in [5.74, 6) is 0.455. The van der Waals surface area contributed by atoms with Crippen LogP contribution in [0.5, 0.6) is 11.5 Å². The van der Waals surface area contributed by atoms with Gasteiger partial charge in [0.05, 0.1) is 0 Å². The van der Waals surface area contributed by atoms with E-state index in [2.05, 4.69) is 5.32 Å². The number of rotatable bonds is 3. The van der Waals surface area contributed by atoms with Crippen molar-refractivity contribution in [2.24, 2.45) is 0 Å². The minimum Gasteiger partial charge on any atom is -0.508 e. The Morgan fingerprint density at radius 3 is 2.43 bits per heavy atom. The van der Waals surface area contributed by atoms with Crippen LogP contribution in [0.1, 0.15) is 25.0 Å². The fourth-order valence-electron chi connectivity index (χ4n) is 1.18. The fourth-order valence-corrected chi connectivity index (χ4v) is 1.18. The Balaban J connectivity index is 2.82. The van der Waals surface area contributed by atoms with Crippen molar-refractivity contribution in [3.05, 3.63) is 23.3 Å². The van der Waals surface area contributed by atoms with Gasteiger partial charge in [0.25, 0.3) is 0 Å². The van der Waals surface area contributed by atoms with E-state index in [-0.39, 0.29) is 11.5 Å². The first-order valence-electron chi connectivity index (χ1n) is 4.75. The zero-order chi connectivity index (χ0) is 10.7. The Kier molecular flexibility index (Phi) is 3.36. The van der Waals surface area contributed by atoms with E-state index in [1.807, 2.05) is 13.8 Å². The first-order valence-corrected chi connectivity index (χ1v) is 4.75. The molecule has 0 aliphatic heterocycles. The number of hydrogen-bond acceptors (Lipinski definition) is 3. The molecule has 0 saturated carbocycles. The molecular formula is C11H17NO2. The molecule has 3 nitrogen and oxygen atoms in total. The summed E-state index contributed by atoms with van der Waals surface area (Å²) < 4.78 is 0. The van der Waals surface area contributed by atoms with Gasteiger partial charge in [0, 0.05) is 18.2 Å². The summed E-state index contributed by atoms with van der Waals surface area (Å²) in [6.07, 6.45) is 0. The zero-order valence-electron chi connectivity index (χ0n) is 8.83. The molecule has 3 N–H and O–H groups in total. The molecule has 3 heteroatoms. The lowest BCUT2D eigenvalue weighted by Crippen LogP contribution is -2.21. The molecule has 0 amide bonds. The van der Waals surface area contributed by atoms with Crippen LogP contribution >= 0.6 is 0 Å². The standard InChI is InChI=1S/C11H17NO2/c1-7(2)12-6-9-5-10(13)8(3)4-11(9)14/h4-5,7,12-14H,6H2,1-3H3. The van der Waals surface area contributed by atoms with Crippen molar-refractivity contribution >= 4 is 0 Å². The smallest absolute Gasteiger partial charge is 0.120 e. The third-order valence-electron chi connectivity index (χ3n) is 2.10. The summed E-state index contributed by atoms with van der Waals surface area (Å²) >= 11 is 0. The Hall–Kier alpha value is -1.22. The first kappa shape index (κ1) is 10.9. The average Bonchev–Trinajstić information content (AvgIpc) is 2.09. The lowest BCUT2D eigenvalue weighted by molar-refractivity contribution is 0.446. The Morgan fingerprint density at radius 1 is 1.21 bits per heavy atom. The highest BCUT2D eigenvalue weighted by Gasteiger charge is 2.05. The predicted octanol–water partition coefficient (Wildman–Crippen LogP) is 1.90. The van der Waals surface area contributed by atoms with Gasteiger partial charge in [0.1, 0.15) is 11.5 Å². The molecular weight excluding hydrogens is 178 g/mol. The normalized spacial score (nSPS) is 10.9. The highest BCUT2D eigenvalue weighted by molar-refractivity contribution is 5.44. The number of benzene rings is 1. The largest absolute Gasteiger partial charge is 0.508 e. The molecule has 1 aromatic rings. The molecule has 1 aromatic carbocycles. The molecule has 14 heavy (non-hydrogen) atoms. The topological polar surface area (TPSA) is 52.5 Å². The molecule has 0 aromatic heterocycles. The maximum absolute atomic E-state index is 9.58. The lowest BCUT2D eigenvalue weighted by atomic mass is 10.1. The van der Waals surface area contributed by atoms with E-state index < -0.39 is 0 Å². The van der Waals surface area contributed by atoms with Crippen LogP contribution in [0.25, 0.3) is 0 Å². The minimum absolute atomic E-state index is 0.225. The number of nitrogens with one attached hydrogen (secondary N) is 1. The first-order chi connectivity index (χ1) is 6.50. The zero-order valence-corrected chi connectivity index (χ0v) is 8.83. The fraction of sp³-hybridized carbons (Fsp3) is 0.455. The van der Waals surface area contributed by atoms with Gasteiger partial charge in [-0.05, 0) is 24.6 Å². The third-order valence-corrected chi connectivity index (χ3v) is 2.10. The second-order valence-electron chi connectivity index (χ2n) is 3.80. The summed E-state index contributed by atoms with van der Waals surface area (Å²) in [7, 11) is 0. The van der Waals surface area contributed by atoms with Gasteiger partial charge in [-0.25, -0.2) is 0 Å². The second kappa shape index (κ2) is 4.33. The van der Waals surface area contributed by atoms with Gasteiger partial charge in [-0.2, -0.15) is 0 Å². The van der Waals surface area contributed by atoms with E-state index in [1.54, 1.807) is 19.1 Å². The van der Waals surface area contributed by atoms with E-state index in [1.165, 1.54) is 0 Å². The molecule has 0 aliphatic carbocycles. The third kappa shape index (κ3) is 2.64. The summed E-state index contributed by atoms with van der Waals surface area (Å²) in [6.45, 7) is 6.39. The van der Waals surface area contributed by atoms with Crippen LogP contribution < -0.4 is 5.32 Å². The highest BCUT2D eigenvalue weighted by Crippen LogP contribution is 2.26. The van der Waals surface area contributed by atoms with Crippen molar-refractivity contribution in [3.63, 3.8) is 0 Å². The van der Waals surface area contributed by atoms with E-state index in [0.717, 1.165) is 5.56 Å². The van der Waals surface area contributed by atoms with Gasteiger partial charge in [-0.15, -0.1) is 0 Å². The van der Waals surface area contributed by atoms with Gasteiger partial charge >= 0.3 is 0 Å². The van der Waals surface area contributed by atoms with Crippen LogP contribution in [-0.2, 0) is 6.54 Å². The molecule has 0 atom stereocenters. The second-order valence-corrected chi connectivity index (χ2v) is 3.80. The number of aryl methyl sites for hydroxylation is 1. The molecule has 0 radical (unpaired) electrons. The van der Waals surface area contributed by atoms with Gasteiger partial charge in [0.2, 0.25) is 0 Å². The van der Waals surface area contributed by atoms with Crippen LogP contribution in [0.3, 0.4) is 0 Å². The molecule has 0 heterocycles. The SMILES string of the molecule is Cc1cc(O)c(CNC(C)C)cc1O. The number of aromatic hydroxyl groups is 2. The van der Waals surface area contributed by atoms with Crippen molar-refractivity contribution in [2.75, 3.05) is 0 Å². The molecule has 78 valence electrons. The van der Waals surface area contributed by atoms with Gasteiger partial charge in [-0.1, -0.05) is 13.8 Å². The average molecular weight is 195 g/mol. The number of phenols is 2.